The van der Waals surface area contributed by atoms with Crippen LogP contribution in [0.25, 0.3) is 0 Å². The number of carbonyl (C=O) groups is 1. The standard InChI is InChI=1S/C17H19O4P/c18-17(19)13-16(15-9-5-2-6-10-15)22(20,21)12-11-14-7-3-1-4-8-14/h1-10,16H,11-13H2,(H,18,19)(H,20,21). The van der Waals surface area contributed by atoms with Crippen molar-refractivity contribution in [3.63, 3.8) is 0 Å². The molecule has 0 saturated carbocycles. The van der Waals surface area contributed by atoms with Gasteiger partial charge in [0.05, 0.1) is 12.1 Å². The SMILES string of the molecule is O=C(O)CC(c1ccccc1)P(=O)(O)CCc1ccccc1. The molecule has 0 radical (unpaired) electrons. The van der Waals surface area contributed by atoms with Gasteiger partial charge in [-0.25, -0.2) is 0 Å². The average molecular weight is 318 g/mol. The Bertz CT molecular complexity index is 655. The molecular formula is C17H19O4P. The van der Waals surface area contributed by atoms with Crippen LogP contribution in [0.4, 0.5) is 0 Å². The molecule has 0 aliphatic carbocycles. The Labute approximate surface area is 129 Å². The molecule has 2 atom stereocenters. The van der Waals surface area contributed by atoms with Crippen molar-refractivity contribution in [2.24, 2.45) is 0 Å². The van der Waals surface area contributed by atoms with E-state index in [9.17, 15) is 14.3 Å². The van der Waals surface area contributed by atoms with E-state index >= 15 is 0 Å². The molecule has 0 aromatic heterocycles. The van der Waals surface area contributed by atoms with Crippen LogP contribution in [0.15, 0.2) is 60.7 Å². The fourth-order valence-corrected chi connectivity index (χ4v) is 4.39. The number of aliphatic carboxylic acids is 1. The zero-order valence-corrected chi connectivity index (χ0v) is 13.0. The van der Waals surface area contributed by atoms with Crippen molar-refractivity contribution >= 4 is 13.3 Å². The van der Waals surface area contributed by atoms with E-state index in [0.717, 1.165) is 5.56 Å². The summed E-state index contributed by atoms with van der Waals surface area (Å²) in [6.45, 7) is 0. The van der Waals surface area contributed by atoms with Crippen LogP contribution >= 0.6 is 7.37 Å². The van der Waals surface area contributed by atoms with E-state index < -0.39 is 19.0 Å². The Morgan fingerprint density at radius 3 is 2.09 bits per heavy atom. The Morgan fingerprint density at radius 1 is 1.00 bits per heavy atom. The van der Waals surface area contributed by atoms with Crippen LogP contribution in [0.5, 0.6) is 0 Å². The highest BCUT2D eigenvalue weighted by molar-refractivity contribution is 7.58. The highest BCUT2D eigenvalue weighted by Gasteiger charge is 2.33. The minimum absolute atomic E-state index is 0.0733. The van der Waals surface area contributed by atoms with E-state index in [4.69, 9.17) is 5.11 Å². The zero-order chi connectivity index (χ0) is 16.0. The predicted molar refractivity (Wildman–Crippen MR) is 86.3 cm³/mol. The zero-order valence-electron chi connectivity index (χ0n) is 12.1. The summed E-state index contributed by atoms with van der Waals surface area (Å²) in [7, 11) is -3.62. The number of aryl methyl sites for hydroxylation is 1. The van der Waals surface area contributed by atoms with Crippen molar-refractivity contribution in [1.82, 2.24) is 0 Å². The molecule has 0 bridgehead atoms. The first-order valence-electron chi connectivity index (χ1n) is 7.11. The fourth-order valence-electron chi connectivity index (χ4n) is 2.42. The number of carboxylic acids is 1. The van der Waals surface area contributed by atoms with Gasteiger partial charge < -0.3 is 10.00 Å². The van der Waals surface area contributed by atoms with Crippen molar-refractivity contribution in [3.05, 3.63) is 71.8 Å². The van der Waals surface area contributed by atoms with Gasteiger partial charge in [0.2, 0.25) is 7.37 Å². The monoisotopic (exact) mass is 318 g/mol. The molecule has 0 heterocycles. The van der Waals surface area contributed by atoms with Gasteiger partial charge in [-0.1, -0.05) is 60.7 Å². The van der Waals surface area contributed by atoms with E-state index in [-0.39, 0.29) is 12.6 Å². The Hall–Kier alpha value is -1.90. The van der Waals surface area contributed by atoms with Crippen molar-refractivity contribution in [2.75, 3.05) is 6.16 Å². The Morgan fingerprint density at radius 2 is 1.55 bits per heavy atom. The molecule has 22 heavy (non-hydrogen) atoms. The lowest BCUT2D eigenvalue weighted by molar-refractivity contribution is -0.137. The molecule has 2 unspecified atom stereocenters. The maximum absolute atomic E-state index is 12.7. The van der Waals surface area contributed by atoms with Crippen molar-refractivity contribution in [3.8, 4) is 0 Å². The number of carboxylic acid groups (broad SMARTS) is 1. The molecule has 2 rings (SSSR count). The van der Waals surface area contributed by atoms with E-state index in [1.165, 1.54) is 0 Å². The lowest BCUT2D eigenvalue weighted by Crippen LogP contribution is -2.10. The van der Waals surface area contributed by atoms with Crippen LogP contribution in [-0.4, -0.2) is 22.1 Å². The minimum atomic E-state index is -3.62. The summed E-state index contributed by atoms with van der Waals surface area (Å²) in [4.78, 5) is 21.5. The van der Waals surface area contributed by atoms with Crippen LogP contribution < -0.4 is 0 Å². The third-order valence-corrected chi connectivity index (χ3v) is 5.92. The van der Waals surface area contributed by atoms with E-state index in [1.807, 2.05) is 30.3 Å². The van der Waals surface area contributed by atoms with Crippen molar-refractivity contribution in [1.29, 1.82) is 0 Å². The highest BCUT2D eigenvalue weighted by Crippen LogP contribution is 2.57. The largest absolute Gasteiger partial charge is 0.481 e. The molecule has 0 aliphatic heterocycles. The fraction of sp³-hybridized carbons (Fsp3) is 0.235. The summed E-state index contributed by atoms with van der Waals surface area (Å²) in [5.74, 6) is -1.07. The van der Waals surface area contributed by atoms with Crippen molar-refractivity contribution in [2.45, 2.75) is 18.5 Å². The maximum atomic E-state index is 12.7. The minimum Gasteiger partial charge on any atom is -0.481 e. The smallest absolute Gasteiger partial charge is 0.304 e. The lowest BCUT2D eigenvalue weighted by Gasteiger charge is -2.22. The van der Waals surface area contributed by atoms with E-state index in [1.54, 1.807) is 30.3 Å². The van der Waals surface area contributed by atoms with Crippen LogP contribution in [-0.2, 0) is 15.8 Å². The lowest BCUT2D eigenvalue weighted by atomic mass is 10.1. The van der Waals surface area contributed by atoms with Crippen LogP contribution in [0.2, 0.25) is 0 Å². The number of benzene rings is 2. The van der Waals surface area contributed by atoms with Crippen molar-refractivity contribution < 1.29 is 19.4 Å². The summed E-state index contributed by atoms with van der Waals surface area (Å²) in [5.41, 5.74) is 0.706. The molecule has 0 fully saturated rings. The van der Waals surface area contributed by atoms with Gasteiger partial charge in [-0.2, -0.15) is 0 Å². The first kappa shape index (κ1) is 16.5. The van der Waals surface area contributed by atoms with Gasteiger partial charge in [0.1, 0.15) is 0 Å². The second-order valence-corrected chi connectivity index (χ2v) is 7.82. The molecule has 0 amide bonds. The molecule has 4 nitrogen and oxygen atoms in total. The van der Waals surface area contributed by atoms with Gasteiger partial charge in [0, 0.05) is 6.16 Å². The first-order valence-corrected chi connectivity index (χ1v) is 9.02. The number of rotatable bonds is 7. The topological polar surface area (TPSA) is 74.6 Å². The Balaban J connectivity index is 2.18. The van der Waals surface area contributed by atoms with Crippen LogP contribution in [0.3, 0.4) is 0 Å². The van der Waals surface area contributed by atoms with Gasteiger partial charge in [0.15, 0.2) is 0 Å². The van der Waals surface area contributed by atoms with E-state index in [2.05, 4.69) is 0 Å². The quantitative estimate of drug-likeness (QED) is 0.763. The normalized spacial score (nSPS) is 15.0. The van der Waals surface area contributed by atoms with Gasteiger partial charge >= 0.3 is 5.97 Å². The number of hydrogen-bond acceptors (Lipinski definition) is 2. The number of hydrogen-bond donors (Lipinski definition) is 2. The molecule has 0 aliphatic rings. The Kier molecular flexibility index (Phi) is 5.53. The molecule has 2 aromatic rings. The predicted octanol–water partition coefficient (Wildman–Crippen LogP) is 3.72. The third kappa shape index (κ3) is 4.55. The molecule has 2 N–H and O–H groups in total. The molecule has 2 aromatic carbocycles. The molecular weight excluding hydrogens is 299 g/mol. The third-order valence-electron chi connectivity index (χ3n) is 3.60. The maximum Gasteiger partial charge on any atom is 0.304 e. The molecule has 116 valence electrons. The molecule has 0 spiro atoms. The van der Waals surface area contributed by atoms with Crippen LogP contribution in [0.1, 0.15) is 23.2 Å². The van der Waals surface area contributed by atoms with Gasteiger partial charge in [-0.3, -0.25) is 9.36 Å². The van der Waals surface area contributed by atoms with Gasteiger partial charge in [0.25, 0.3) is 0 Å². The average Bonchev–Trinajstić information content (AvgIpc) is 2.52. The summed E-state index contributed by atoms with van der Waals surface area (Å²) < 4.78 is 12.7. The molecule has 5 heteroatoms. The summed E-state index contributed by atoms with van der Waals surface area (Å²) in [6, 6.07) is 18.2. The first-order chi connectivity index (χ1) is 10.5. The van der Waals surface area contributed by atoms with E-state index in [0.29, 0.717) is 12.0 Å². The van der Waals surface area contributed by atoms with Crippen LogP contribution in [0, 0.1) is 0 Å². The molecule has 0 saturated heterocycles. The van der Waals surface area contributed by atoms with Gasteiger partial charge in [-0.15, -0.1) is 0 Å². The summed E-state index contributed by atoms with van der Waals surface area (Å²) in [5, 5.41) is 9.06. The summed E-state index contributed by atoms with van der Waals surface area (Å²) in [6.07, 6.45) is 0.188. The van der Waals surface area contributed by atoms with Gasteiger partial charge in [-0.05, 0) is 17.5 Å². The highest BCUT2D eigenvalue weighted by atomic mass is 31.2. The second kappa shape index (κ2) is 7.39. The second-order valence-electron chi connectivity index (χ2n) is 5.24. The summed E-state index contributed by atoms with van der Waals surface area (Å²) >= 11 is 0.